The van der Waals surface area contributed by atoms with Gasteiger partial charge in [-0.3, -0.25) is 0 Å². The van der Waals surface area contributed by atoms with E-state index in [1.165, 1.54) is 0 Å². The number of hydrogen-bond donors (Lipinski definition) is 3. The quantitative estimate of drug-likeness (QED) is 0.653. The summed E-state index contributed by atoms with van der Waals surface area (Å²) in [4.78, 5) is 0. The van der Waals surface area contributed by atoms with Crippen LogP contribution in [0.5, 0.6) is 0 Å². The lowest BCUT2D eigenvalue weighted by atomic mass is 10.1. The number of hydrogen-bond acceptors (Lipinski definition) is 5. The average Bonchev–Trinajstić information content (AvgIpc) is 3.19. The number of fused-ring (bicyclic) bond motifs is 1. The van der Waals surface area contributed by atoms with Crippen LogP contribution in [0.3, 0.4) is 0 Å². The molecule has 24 heavy (non-hydrogen) atoms. The molecule has 6 heteroatoms. The Bertz CT molecular complexity index is 850. The van der Waals surface area contributed by atoms with E-state index in [4.69, 9.17) is 21.8 Å². The van der Waals surface area contributed by atoms with Crippen LogP contribution in [0.2, 0.25) is 5.02 Å². The summed E-state index contributed by atoms with van der Waals surface area (Å²) < 4.78 is 5.39. The van der Waals surface area contributed by atoms with Crippen LogP contribution in [0.1, 0.15) is 17.5 Å². The molecule has 1 aromatic heterocycles. The molecule has 0 spiro atoms. The maximum atomic E-state index is 6.31. The highest BCUT2D eigenvalue weighted by atomic mass is 35.5. The summed E-state index contributed by atoms with van der Waals surface area (Å²) in [6, 6.07) is 17.5. The molecule has 0 radical (unpaired) electrons. The van der Waals surface area contributed by atoms with Gasteiger partial charge in [-0.15, -0.1) is 0 Å². The third-order valence-corrected chi connectivity index (χ3v) is 4.36. The second kappa shape index (κ2) is 6.20. The number of halogens is 1. The molecule has 0 saturated carbocycles. The predicted octanol–water partition coefficient (Wildman–Crippen LogP) is 4.48. The van der Waals surface area contributed by atoms with E-state index in [1.807, 2.05) is 59.6 Å². The smallest absolute Gasteiger partial charge is 0.119 e. The summed E-state index contributed by atoms with van der Waals surface area (Å²) in [7, 11) is 0. The van der Waals surface area contributed by atoms with E-state index in [2.05, 4.69) is 10.7 Å². The van der Waals surface area contributed by atoms with Crippen LogP contribution < -0.4 is 16.5 Å². The van der Waals surface area contributed by atoms with E-state index in [0.29, 0.717) is 11.6 Å². The maximum Gasteiger partial charge on any atom is 0.119 e. The standard InChI is InChI=1S/C18H17ClN4O/c19-15-5-1-2-6-16(15)21-12-7-8-14-17(10-12)22-23(18(14)20)11-13-4-3-9-24-13/h1-10,18,21-22H,11,20H2. The molecular weight excluding hydrogens is 324 g/mol. The molecule has 0 fully saturated rings. The number of hydrazine groups is 1. The van der Waals surface area contributed by atoms with Crippen LogP contribution in [0.4, 0.5) is 17.1 Å². The number of nitrogens with zero attached hydrogens (tertiary/aromatic N) is 1. The first-order chi connectivity index (χ1) is 11.7. The Morgan fingerprint density at radius 2 is 2.04 bits per heavy atom. The fourth-order valence-corrected chi connectivity index (χ4v) is 2.99. The highest BCUT2D eigenvalue weighted by molar-refractivity contribution is 6.33. The summed E-state index contributed by atoms with van der Waals surface area (Å²) in [5.41, 5.74) is 13.5. The first-order valence-electron chi connectivity index (χ1n) is 7.67. The van der Waals surface area contributed by atoms with Crippen molar-refractivity contribution in [3.63, 3.8) is 0 Å². The molecule has 1 aliphatic heterocycles. The molecule has 0 aliphatic carbocycles. The van der Waals surface area contributed by atoms with Gasteiger partial charge >= 0.3 is 0 Å². The van der Waals surface area contributed by atoms with Crippen LogP contribution >= 0.6 is 11.6 Å². The van der Waals surface area contributed by atoms with Gasteiger partial charge in [-0.2, -0.15) is 5.01 Å². The highest BCUT2D eigenvalue weighted by Gasteiger charge is 2.27. The van der Waals surface area contributed by atoms with Gasteiger partial charge in [0.05, 0.1) is 29.2 Å². The lowest BCUT2D eigenvalue weighted by molar-refractivity contribution is 0.238. The molecule has 1 unspecified atom stereocenters. The van der Waals surface area contributed by atoms with Gasteiger partial charge in [0.1, 0.15) is 11.9 Å². The van der Waals surface area contributed by atoms with Crippen molar-refractivity contribution in [2.24, 2.45) is 5.73 Å². The third kappa shape index (κ3) is 2.85. The monoisotopic (exact) mass is 340 g/mol. The van der Waals surface area contributed by atoms with Gasteiger partial charge in [0.25, 0.3) is 0 Å². The molecule has 2 aromatic carbocycles. The zero-order chi connectivity index (χ0) is 16.5. The zero-order valence-electron chi connectivity index (χ0n) is 12.9. The van der Waals surface area contributed by atoms with Crippen LogP contribution in [-0.2, 0) is 6.54 Å². The zero-order valence-corrected chi connectivity index (χ0v) is 13.6. The van der Waals surface area contributed by atoms with E-state index in [1.54, 1.807) is 6.26 Å². The van der Waals surface area contributed by atoms with Gasteiger partial charge < -0.3 is 20.9 Å². The lowest BCUT2D eigenvalue weighted by Gasteiger charge is -2.19. The van der Waals surface area contributed by atoms with E-state index in [9.17, 15) is 0 Å². The van der Waals surface area contributed by atoms with Crippen molar-refractivity contribution in [1.82, 2.24) is 5.01 Å². The lowest BCUT2D eigenvalue weighted by Crippen LogP contribution is -2.32. The number of rotatable bonds is 4. The minimum Gasteiger partial charge on any atom is -0.468 e. The molecule has 4 N–H and O–H groups in total. The number of anilines is 3. The minimum atomic E-state index is -0.223. The fourth-order valence-electron chi connectivity index (χ4n) is 2.81. The van der Waals surface area contributed by atoms with Crippen LogP contribution in [-0.4, -0.2) is 5.01 Å². The Hall–Kier alpha value is -2.47. The predicted molar refractivity (Wildman–Crippen MR) is 96.0 cm³/mol. The minimum absolute atomic E-state index is 0.223. The Morgan fingerprint density at radius 3 is 2.83 bits per heavy atom. The topological polar surface area (TPSA) is 66.5 Å². The molecule has 5 nitrogen and oxygen atoms in total. The van der Waals surface area contributed by atoms with Crippen molar-refractivity contribution in [2.75, 3.05) is 10.7 Å². The van der Waals surface area contributed by atoms with Crippen molar-refractivity contribution in [1.29, 1.82) is 0 Å². The van der Waals surface area contributed by atoms with Crippen LogP contribution in [0.25, 0.3) is 0 Å². The van der Waals surface area contributed by atoms with Crippen LogP contribution in [0.15, 0.2) is 65.3 Å². The normalized spacial score (nSPS) is 16.7. The number of para-hydroxylation sites is 1. The van der Waals surface area contributed by atoms with Gasteiger partial charge in [0.15, 0.2) is 0 Å². The van der Waals surface area contributed by atoms with Crippen molar-refractivity contribution < 1.29 is 4.42 Å². The largest absolute Gasteiger partial charge is 0.468 e. The van der Waals surface area contributed by atoms with Gasteiger partial charge in [0, 0.05) is 11.3 Å². The van der Waals surface area contributed by atoms with Crippen molar-refractivity contribution in [3.8, 4) is 0 Å². The Morgan fingerprint density at radius 1 is 1.17 bits per heavy atom. The molecule has 3 aromatic rings. The summed E-state index contributed by atoms with van der Waals surface area (Å²) in [6.07, 6.45) is 1.44. The first kappa shape index (κ1) is 15.1. The summed E-state index contributed by atoms with van der Waals surface area (Å²) in [5.74, 6) is 0.861. The summed E-state index contributed by atoms with van der Waals surface area (Å²) >= 11 is 6.20. The highest BCUT2D eigenvalue weighted by Crippen LogP contribution is 2.36. The molecule has 4 rings (SSSR count). The molecule has 1 atom stereocenters. The fraction of sp³-hybridized carbons (Fsp3) is 0.111. The molecule has 1 aliphatic rings. The SMILES string of the molecule is NC1c2ccc(Nc3ccccc3Cl)cc2NN1Cc1ccco1. The van der Waals surface area contributed by atoms with Gasteiger partial charge in [0.2, 0.25) is 0 Å². The Labute approximate surface area is 145 Å². The maximum absolute atomic E-state index is 6.31. The molecule has 122 valence electrons. The van der Waals surface area contributed by atoms with Crippen molar-refractivity contribution in [3.05, 3.63) is 77.2 Å². The number of furan rings is 1. The van der Waals surface area contributed by atoms with Gasteiger partial charge in [-0.05, 0) is 36.4 Å². The summed E-state index contributed by atoms with van der Waals surface area (Å²) in [6.45, 7) is 0.593. The van der Waals surface area contributed by atoms with E-state index < -0.39 is 0 Å². The number of nitrogens with two attached hydrogens (primary N) is 1. The van der Waals surface area contributed by atoms with Gasteiger partial charge in [-0.1, -0.05) is 29.8 Å². The number of nitrogens with one attached hydrogen (secondary N) is 2. The molecule has 0 bridgehead atoms. The molecule has 2 heterocycles. The average molecular weight is 341 g/mol. The van der Waals surface area contributed by atoms with Crippen molar-refractivity contribution in [2.45, 2.75) is 12.7 Å². The summed E-state index contributed by atoms with van der Waals surface area (Å²) in [5, 5.41) is 5.96. The second-order valence-corrected chi connectivity index (χ2v) is 6.08. The number of benzene rings is 2. The third-order valence-electron chi connectivity index (χ3n) is 4.03. The van der Waals surface area contributed by atoms with Crippen LogP contribution in [0, 0.1) is 0 Å². The molecule has 0 amide bonds. The first-order valence-corrected chi connectivity index (χ1v) is 8.05. The van der Waals surface area contributed by atoms with E-state index in [0.717, 1.165) is 28.4 Å². The van der Waals surface area contributed by atoms with Crippen molar-refractivity contribution >= 4 is 28.7 Å². The second-order valence-electron chi connectivity index (χ2n) is 5.67. The van der Waals surface area contributed by atoms with E-state index >= 15 is 0 Å². The molecule has 0 saturated heterocycles. The van der Waals surface area contributed by atoms with E-state index in [-0.39, 0.29) is 6.17 Å². The van der Waals surface area contributed by atoms with Gasteiger partial charge in [-0.25, -0.2) is 0 Å². The molecular formula is C18H17ClN4O. The Balaban J connectivity index is 1.54. The Kier molecular flexibility index (Phi) is 3.90.